The molecule has 0 atom stereocenters. The molecule has 1 aromatic rings. The highest BCUT2D eigenvalue weighted by Gasteiger charge is 2.29. The van der Waals surface area contributed by atoms with Crippen molar-refractivity contribution in [2.45, 2.75) is 13.5 Å². The molecule has 0 spiro atoms. The van der Waals surface area contributed by atoms with Crippen molar-refractivity contribution in [3.8, 4) is 0 Å². The lowest BCUT2D eigenvalue weighted by molar-refractivity contribution is 0.312. The number of benzene rings is 1. The molecule has 1 heterocycles. The molecule has 0 aromatic heterocycles. The first-order valence-electron chi connectivity index (χ1n) is 6.75. The van der Waals surface area contributed by atoms with E-state index < -0.39 is 10.2 Å². The smallest absolute Gasteiger partial charge is 0.282 e. The van der Waals surface area contributed by atoms with Crippen LogP contribution in [-0.4, -0.2) is 49.8 Å². The van der Waals surface area contributed by atoms with Crippen molar-refractivity contribution < 1.29 is 8.42 Å². The first kappa shape index (κ1) is 15.7. The Hall–Kier alpha value is -0.660. The summed E-state index contributed by atoms with van der Waals surface area (Å²) < 4.78 is 28.2. The number of hydrogen-bond donors (Lipinski definition) is 1. The normalized spacial score (nSPS) is 17.6. The Kier molecular flexibility index (Phi) is 5.40. The Bertz CT molecular complexity index is 544. The summed E-state index contributed by atoms with van der Waals surface area (Å²) in [6, 6.07) is 7.35. The van der Waals surface area contributed by atoms with Crippen LogP contribution in [0.3, 0.4) is 0 Å². The van der Waals surface area contributed by atoms with Gasteiger partial charge in [0.2, 0.25) is 0 Å². The van der Waals surface area contributed by atoms with Crippen molar-refractivity contribution in [3.63, 3.8) is 0 Å². The summed E-state index contributed by atoms with van der Waals surface area (Å²) in [4.78, 5) is 0. The molecule has 1 saturated heterocycles. The average molecular weight is 318 g/mol. The number of piperazine rings is 1. The zero-order valence-electron chi connectivity index (χ0n) is 11.5. The summed E-state index contributed by atoms with van der Waals surface area (Å²) in [6.45, 7) is 5.00. The SMILES string of the molecule is CCN(Cc1ccccc1Cl)S(=O)(=O)N1CCNCC1. The second kappa shape index (κ2) is 6.87. The van der Waals surface area contributed by atoms with E-state index in [1.807, 2.05) is 25.1 Å². The fourth-order valence-corrected chi connectivity index (χ4v) is 4.01. The predicted molar refractivity (Wildman–Crippen MR) is 80.9 cm³/mol. The molecule has 2 rings (SSSR count). The number of rotatable bonds is 5. The molecule has 1 aliphatic heterocycles. The summed E-state index contributed by atoms with van der Waals surface area (Å²) in [6.07, 6.45) is 0. The molecular formula is C13H20ClN3O2S. The van der Waals surface area contributed by atoms with Crippen molar-refractivity contribution in [1.82, 2.24) is 13.9 Å². The summed E-state index contributed by atoms with van der Waals surface area (Å²) in [5, 5.41) is 3.76. The van der Waals surface area contributed by atoms with Gasteiger partial charge >= 0.3 is 0 Å². The van der Waals surface area contributed by atoms with Gasteiger partial charge in [0.05, 0.1) is 0 Å². The molecule has 1 fully saturated rings. The van der Waals surface area contributed by atoms with Crippen LogP contribution in [0.5, 0.6) is 0 Å². The Balaban J connectivity index is 2.17. The van der Waals surface area contributed by atoms with Gasteiger partial charge in [-0.05, 0) is 11.6 Å². The van der Waals surface area contributed by atoms with Crippen molar-refractivity contribution >= 4 is 21.8 Å². The summed E-state index contributed by atoms with van der Waals surface area (Å²) >= 11 is 6.12. The van der Waals surface area contributed by atoms with Gasteiger partial charge in [0.15, 0.2) is 0 Å². The van der Waals surface area contributed by atoms with E-state index in [2.05, 4.69) is 5.32 Å². The van der Waals surface area contributed by atoms with Gasteiger partial charge in [-0.2, -0.15) is 17.0 Å². The Morgan fingerprint density at radius 2 is 1.95 bits per heavy atom. The standard InChI is InChI=1S/C13H20ClN3O2S/c1-2-16(11-12-5-3-4-6-13(12)14)20(18,19)17-9-7-15-8-10-17/h3-6,15H,2,7-11H2,1H3. The van der Waals surface area contributed by atoms with Crippen molar-refractivity contribution in [3.05, 3.63) is 34.9 Å². The molecule has 20 heavy (non-hydrogen) atoms. The third kappa shape index (κ3) is 3.51. The summed E-state index contributed by atoms with van der Waals surface area (Å²) in [7, 11) is -3.42. The van der Waals surface area contributed by atoms with E-state index in [-0.39, 0.29) is 0 Å². The average Bonchev–Trinajstić information content (AvgIpc) is 2.47. The molecule has 0 bridgehead atoms. The minimum absolute atomic E-state index is 0.308. The van der Waals surface area contributed by atoms with Gasteiger partial charge < -0.3 is 5.32 Å². The van der Waals surface area contributed by atoms with Gasteiger partial charge in [-0.3, -0.25) is 0 Å². The summed E-state index contributed by atoms with van der Waals surface area (Å²) in [5.74, 6) is 0. The van der Waals surface area contributed by atoms with Crippen molar-refractivity contribution in [2.75, 3.05) is 32.7 Å². The second-order valence-electron chi connectivity index (χ2n) is 4.67. The van der Waals surface area contributed by atoms with Crippen LogP contribution in [0, 0.1) is 0 Å². The third-order valence-corrected chi connectivity index (χ3v) is 5.81. The van der Waals surface area contributed by atoms with E-state index in [0.717, 1.165) is 5.56 Å². The van der Waals surface area contributed by atoms with Gasteiger partial charge in [0, 0.05) is 44.3 Å². The van der Waals surface area contributed by atoms with Gasteiger partial charge in [-0.15, -0.1) is 0 Å². The Labute approximate surface area is 125 Å². The van der Waals surface area contributed by atoms with Crippen LogP contribution in [0.2, 0.25) is 5.02 Å². The monoisotopic (exact) mass is 317 g/mol. The van der Waals surface area contributed by atoms with Crippen LogP contribution in [-0.2, 0) is 16.8 Å². The highest BCUT2D eigenvalue weighted by molar-refractivity contribution is 7.86. The fraction of sp³-hybridized carbons (Fsp3) is 0.538. The van der Waals surface area contributed by atoms with E-state index in [9.17, 15) is 8.42 Å². The molecule has 1 aliphatic rings. The van der Waals surface area contributed by atoms with Gasteiger partial charge in [-0.25, -0.2) is 0 Å². The fourth-order valence-electron chi connectivity index (χ4n) is 2.21. The lowest BCUT2D eigenvalue weighted by Gasteiger charge is -2.32. The molecule has 1 aromatic carbocycles. The molecule has 7 heteroatoms. The molecule has 0 radical (unpaired) electrons. The van der Waals surface area contributed by atoms with Crippen LogP contribution in [0.25, 0.3) is 0 Å². The highest BCUT2D eigenvalue weighted by Crippen LogP contribution is 2.20. The van der Waals surface area contributed by atoms with Crippen molar-refractivity contribution in [1.29, 1.82) is 0 Å². The van der Waals surface area contributed by atoms with E-state index in [1.54, 1.807) is 6.07 Å². The van der Waals surface area contributed by atoms with Crippen LogP contribution in [0.4, 0.5) is 0 Å². The topological polar surface area (TPSA) is 52.7 Å². The second-order valence-corrected chi connectivity index (χ2v) is 7.01. The van der Waals surface area contributed by atoms with Crippen LogP contribution < -0.4 is 5.32 Å². The van der Waals surface area contributed by atoms with Gasteiger partial charge in [0.1, 0.15) is 0 Å². The molecule has 0 aliphatic carbocycles. The van der Waals surface area contributed by atoms with Crippen LogP contribution >= 0.6 is 11.6 Å². The van der Waals surface area contributed by atoms with Crippen molar-refractivity contribution in [2.24, 2.45) is 0 Å². The molecular weight excluding hydrogens is 298 g/mol. The molecule has 0 unspecified atom stereocenters. The highest BCUT2D eigenvalue weighted by atomic mass is 35.5. The molecule has 5 nitrogen and oxygen atoms in total. The van der Waals surface area contributed by atoms with Crippen LogP contribution in [0.15, 0.2) is 24.3 Å². The minimum Gasteiger partial charge on any atom is -0.314 e. The maximum atomic E-state index is 12.6. The van der Waals surface area contributed by atoms with Gasteiger partial charge in [0.25, 0.3) is 10.2 Å². The zero-order valence-corrected chi connectivity index (χ0v) is 13.1. The molecule has 112 valence electrons. The molecule has 0 amide bonds. The number of hydrogen-bond acceptors (Lipinski definition) is 3. The van der Waals surface area contributed by atoms with E-state index >= 15 is 0 Å². The van der Waals surface area contributed by atoms with Crippen LogP contribution in [0.1, 0.15) is 12.5 Å². The Morgan fingerprint density at radius 1 is 1.30 bits per heavy atom. The first-order chi connectivity index (χ1) is 9.55. The number of nitrogens with one attached hydrogen (secondary N) is 1. The lowest BCUT2D eigenvalue weighted by atomic mass is 10.2. The quantitative estimate of drug-likeness (QED) is 0.891. The first-order valence-corrected chi connectivity index (χ1v) is 8.52. The van der Waals surface area contributed by atoms with E-state index in [0.29, 0.717) is 44.3 Å². The lowest BCUT2D eigenvalue weighted by Crippen LogP contribution is -2.51. The predicted octanol–water partition coefficient (Wildman–Crippen LogP) is 1.31. The van der Waals surface area contributed by atoms with Gasteiger partial charge in [-0.1, -0.05) is 36.7 Å². The maximum Gasteiger partial charge on any atom is 0.282 e. The zero-order chi connectivity index (χ0) is 14.6. The number of halogens is 1. The maximum absolute atomic E-state index is 12.6. The largest absolute Gasteiger partial charge is 0.314 e. The minimum atomic E-state index is -3.42. The van der Waals surface area contributed by atoms with E-state index in [4.69, 9.17) is 11.6 Å². The third-order valence-electron chi connectivity index (χ3n) is 3.39. The van der Waals surface area contributed by atoms with E-state index in [1.165, 1.54) is 8.61 Å². The molecule has 0 saturated carbocycles. The molecule has 1 N–H and O–H groups in total. The Morgan fingerprint density at radius 3 is 2.55 bits per heavy atom. The number of nitrogens with zero attached hydrogens (tertiary/aromatic N) is 2. The summed E-state index contributed by atoms with van der Waals surface area (Å²) in [5.41, 5.74) is 0.828.